The van der Waals surface area contributed by atoms with E-state index in [-0.39, 0.29) is 29.2 Å². The van der Waals surface area contributed by atoms with Crippen LogP contribution in [0.15, 0.2) is 77.8 Å². The predicted molar refractivity (Wildman–Crippen MR) is 131 cm³/mol. The Kier molecular flexibility index (Phi) is 5.34. The molecule has 0 aliphatic carbocycles. The molecule has 5 rings (SSSR count). The lowest BCUT2D eigenvalue weighted by atomic mass is 10.00. The molecule has 1 aliphatic heterocycles. The van der Waals surface area contributed by atoms with Crippen molar-refractivity contribution in [1.82, 2.24) is 8.87 Å². The van der Waals surface area contributed by atoms with Gasteiger partial charge in [-0.3, -0.25) is 14.5 Å². The minimum atomic E-state index is -3.87. The summed E-state index contributed by atoms with van der Waals surface area (Å²) in [7, 11) is -3.87. The van der Waals surface area contributed by atoms with Crippen LogP contribution >= 0.6 is 11.6 Å². The van der Waals surface area contributed by atoms with Crippen molar-refractivity contribution in [3.8, 4) is 0 Å². The van der Waals surface area contributed by atoms with Crippen LogP contribution in [0.25, 0.3) is 10.9 Å². The molecule has 3 aromatic carbocycles. The summed E-state index contributed by atoms with van der Waals surface area (Å²) < 4.78 is 28.2. The van der Waals surface area contributed by atoms with Gasteiger partial charge in [-0.05, 0) is 55.0 Å². The van der Waals surface area contributed by atoms with Crippen LogP contribution in [-0.4, -0.2) is 35.6 Å². The van der Waals surface area contributed by atoms with Crippen LogP contribution < -0.4 is 0 Å². The molecule has 6 nitrogen and oxygen atoms in total. The van der Waals surface area contributed by atoms with Gasteiger partial charge in [-0.25, -0.2) is 12.4 Å². The second kappa shape index (κ2) is 8.11. The van der Waals surface area contributed by atoms with Gasteiger partial charge in [0, 0.05) is 29.1 Å². The Balaban J connectivity index is 1.57. The van der Waals surface area contributed by atoms with Crippen LogP contribution in [0, 0.1) is 6.92 Å². The van der Waals surface area contributed by atoms with Crippen molar-refractivity contribution in [2.75, 3.05) is 6.54 Å². The first-order valence-electron chi connectivity index (χ1n) is 10.8. The molecule has 1 atom stereocenters. The fraction of sp³-hybridized carbons (Fsp3) is 0.154. The maximum absolute atomic E-state index is 13.5. The number of carbonyl (C=O) groups is 2. The first kappa shape index (κ1) is 22.4. The second-order valence-corrected chi connectivity index (χ2v) is 10.8. The quantitative estimate of drug-likeness (QED) is 0.357. The number of hydrogen-bond acceptors (Lipinski definition) is 4. The molecule has 0 N–H and O–H groups in total. The van der Waals surface area contributed by atoms with E-state index in [9.17, 15) is 18.0 Å². The topological polar surface area (TPSA) is 76.5 Å². The Morgan fingerprint density at radius 3 is 2.15 bits per heavy atom. The molecule has 1 aromatic heterocycles. The summed E-state index contributed by atoms with van der Waals surface area (Å²) in [5, 5.41) is 1.12. The van der Waals surface area contributed by atoms with Gasteiger partial charge < -0.3 is 0 Å². The molecule has 0 radical (unpaired) electrons. The number of imide groups is 1. The van der Waals surface area contributed by atoms with Crippen LogP contribution in [0.5, 0.6) is 0 Å². The van der Waals surface area contributed by atoms with E-state index in [2.05, 4.69) is 0 Å². The fourth-order valence-corrected chi connectivity index (χ4v) is 5.94. The Morgan fingerprint density at radius 2 is 1.53 bits per heavy atom. The molecule has 1 aliphatic rings. The van der Waals surface area contributed by atoms with E-state index in [1.165, 1.54) is 8.87 Å². The molecule has 4 aromatic rings. The zero-order valence-electron chi connectivity index (χ0n) is 18.5. The van der Waals surface area contributed by atoms with Crippen molar-refractivity contribution in [3.05, 3.63) is 100 Å². The smallest absolute Gasteiger partial charge is 0.268 e. The Morgan fingerprint density at radius 1 is 0.912 bits per heavy atom. The first-order valence-corrected chi connectivity index (χ1v) is 12.6. The summed E-state index contributed by atoms with van der Waals surface area (Å²) in [5.41, 5.74) is 2.89. The van der Waals surface area contributed by atoms with Gasteiger partial charge in [0.1, 0.15) is 0 Å². The van der Waals surface area contributed by atoms with Crippen LogP contribution in [0.3, 0.4) is 0 Å². The van der Waals surface area contributed by atoms with Gasteiger partial charge in [0.05, 0.1) is 21.5 Å². The molecule has 1 unspecified atom stereocenters. The van der Waals surface area contributed by atoms with E-state index in [4.69, 9.17) is 11.6 Å². The molecule has 2 amide bonds. The van der Waals surface area contributed by atoms with Crippen molar-refractivity contribution in [3.63, 3.8) is 0 Å². The average molecular weight is 493 g/mol. The largest absolute Gasteiger partial charge is 0.274 e. The number of benzene rings is 3. The van der Waals surface area contributed by atoms with Gasteiger partial charge in [-0.1, -0.05) is 48.4 Å². The lowest BCUT2D eigenvalue weighted by Gasteiger charge is -2.19. The standard InChI is InChI=1S/C26H21ClN2O4S/c1-16-7-10-19(11-8-16)34(32,33)29-15-23(22-13-18(27)9-12-24(22)29)17(2)14-28-25(30)20-5-3-4-6-21(20)26(28)31/h3-13,15,17H,14H2,1-2H3. The third-order valence-electron chi connectivity index (χ3n) is 6.21. The molecular formula is C26H21ClN2O4S. The highest BCUT2D eigenvalue weighted by atomic mass is 35.5. The summed E-state index contributed by atoms with van der Waals surface area (Å²) in [4.78, 5) is 27.1. The van der Waals surface area contributed by atoms with Crippen molar-refractivity contribution in [1.29, 1.82) is 0 Å². The maximum Gasteiger partial charge on any atom is 0.268 e. The fourth-order valence-electron chi connectivity index (χ4n) is 4.39. The van der Waals surface area contributed by atoms with Crippen molar-refractivity contribution in [2.24, 2.45) is 0 Å². The SMILES string of the molecule is Cc1ccc(S(=O)(=O)n2cc(C(C)CN3C(=O)c4ccccc4C3=O)c3cc(Cl)ccc32)cc1. The average Bonchev–Trinajstić information content (AvgIpc) is 3.31. The number of aryl methyl sites for hydroxylation is 1. The molecular weight excluding hydrogens is 472 g/mol. The third-order valence-corrected chi connectivity index (χ3v) is 8.13. The summed E-state index contributed by atoms with van der Waals surface area (Å²) in [6, 6.07) is 18.4. The van der Waals surface area contributed by atoms with Crippen LogP contribution in [0.1, 0.15) is 44.7 Å². The number of aromatic nitrogens is 1. The molecule has 0 saturated carbocycles. The van der Waals surface area contributed by atoms with E-state index < -0.39 is 10.0 Å². The van der Waals surface area contributed by atoms with Gasteiger partial charge in [0.25, 0.3) is 21.8 Å². The van der Waals surface area contributed by atoms with Crippen LogP contribution in [-0.2, 0) is 10.0 Å². The number of nitrogens with zero attached hydrogens (tertiary/aromatic N) is 2. The summed E-state index contributed by atoms with van der Waals surface area (Å²) in [6.07, 6.45) is 1.57. The van der Waals surface area contributed by atoms with Crippen molar-refractivity contribution in [2.45, 2.75) is 24.7 Å². The Labute approximate surface area is 202 Å². The number of rotatable bonds is 5. The monoisotopic (exact) mass is 492 g/mol. The number of halogens is 1. The Hall–Kier alpha value is -3.42. The van der Waals surface area contributed by atoms with Crippen molar-refractivity contribution >= 4 is 44.3 Å². The lowest BCUT2D eigenvalue weighted by Crippen LogP contribution is -2.33. The predicted octanol–water partition coefficient (Wildman–Crippen LogP) is 5.24. The van der Waals surface area contributed by atoms with Crippen molar-refractivity contribution < 1.29 is 18.0 Å². The van der Waals surface area contributed by atoms with E-state index >= 15 is 0 Å². The summed E-state index contributed by atoms with van der Waals surface area (Å²) in [6.45, 7) is 3.87. The number of amides is 2. The molecule has 0 bridgehead atoms. The molecule has 0 saturated heterocycles. The highest BCUT2D eigenvalue weighted by Crippen LogP contribution is 2.34. The van der Waals surface area contributed by atoms with Crippen LogP contribution in [0.4, 0.5) is 0 Å². The Bertz CT molecular complexity index is 1540. The lowest BCUT2D eigenvalue weighted by molar-refractivity contribution is 0.0646. The van der Waals surface area contributed by atoms with Gasteiger partial charge in [0.2, 0.25) is 0 Å². The van der Waals surface area contributed by atoms with Gasteiger partial charge >= 0.3 is 0 Å². The zero-order valence-corrected chi connectivity index (χ0v) is 20.1. The molecule has 34 heavy (non-hydrogen) atoms. The van der Waals surface area contributed by atoms with Gasteiger partial charge in [-0.2, -0.15) is 0 Å². The number of carbonyl (C=O) groups excluding carboxylic acids is 2. The maximum atomic E-state index is 13.5. The van der Waals surface area contributed by atoms with Gasteiger partial charge in [-0.15, -0.1) is 0 Å². The summed E-state index contributed by atoms with van der Waals surface area (Å²) >= 11 is 6.25. The zero-order chi connectivity index (χ0) is 24.2. The molecule has 0 spiro atoms. The van der Waals surface area contributed by atoms with E-state index in [1.807, 2.05) is 13.8 Å². The highest BCUT2D eigenvalue weighted by molar-refractivity contribution is 7.90. The molecule has 8 heteroatoms. The second-order valence-electron chi connectivity index (χ2n) is 8.53. The number of fused-ring (bicyclic) bond motifs is 2. The molecule has 172 valence electrons. The van der Waals surface area contributed by atoms with Crippen LogP contribution in [0.2, 0.25) is 5.02 Å². The normalized spacial score (nSPS) is 14.6. The minimum Gasteiger partial charge on any atom is -0.274 e. The first-order chi connectivity index (χ1) is 16.2. The van der Waals surface area contributed by atoms with E-state index in [0.29, 0.717) is 32.6 Å². The highest BCUT2D eigenvalue weighted by Gasteiger charge is 2.36. The third kappa shape index (κ3) is 3.52. The minimum absolute atomic E-state index is 0.114. The molecule has 0 fully saturated rings. The van der Waals surface area contributed by atoms with Gasteiger partial charge in [0.15, 0.2) is 0 Å². The van der Waals surface area contributed by atoms with E-state index in [0.717, 1.165) is 5.56 Å². The van der Waals surface area contributed by atoms with E-state index in [1.54, 1.807) is 72.9 Å². The summed E-state index contributed by atoms with van der Waals surface area (Å²) in [5.74, 6) is -1.03. The number of hydrogen-bond donors (Lipinski definition) is 0. The molecule has 2 heterocycles.